The highest BCUT2D eigenvalue weighted by Gasteiger charge is 2.22. The van der Waals surface area contributed by atoms with Crippen LogP contribution in [-0.2, 0) is 16.6 Å². The van der Waals surface area contributed by atoms with Crippen molar-refractivity contribution >= 4 is 10.0 Å². The SMILES string of the molecule is CC(CNS(=O)(=O)c1ccccc1CN)N1CCCC1. The number of nitrogens with zero attached hydrogens (tertiary/aromatic N) is 1. The molecule has 1 unspecified atom stereocenters. The van der Waals surface area contributed by atoms with Gasteiger partial charge in [-0.2, -0.15) is 0 Å². The molecule has 1 aromatic carbocycles. The van der Waals surface area contributed by atoms with E-state index >= 15 is 0 Å². The zero-order valence-corrected chi connectivity index (χ0v) is 12.7. The van der Waals surface area contributed by atoms with Crippen molar-refractivity contribution in [3.8, 4) is 0 Å². The first kappa shape index (κ1) is 15.4. The average Bonchev–Trinajstić information content (AvgIpc) is 2.99. The molecular weight excluding hydrogens is 274 g/mol. The first-order valence-electron chi connectivity index (χ1n) is 7.06. The van der Waals surface area contributed by atoms with Crippen molar-refractivity contribution in [2.75, 3.05) is 19.6 Å². The number of rotatable bonds is 6. The summed E-state index contributed by atoms with van der Waals surface area (Å²) in [5.41, 5.74) is 6.25. The minimum absolute atomic E-state index is 0.220. The van der Waals surface area contributed by atoms with Crippen LogP contribution < -0.4 is 10.5 Å². The number of benzene rings is 1. The number of hydrogen-bond donors (Lipinski definition) is 2. The van der Waals surface area contributed by atoms with Crippen LogP contribution in [0.4, 0.5) is 0 Å². The Kier molecular flexibility index (Phi) is 5.15. The summed E-state index contributed by atoms with van der Waals surface area (Å²) in [4.78, 5) is 2.60. The third kappa shape index (κ3) is 3.58. The maximum absolute atomic E-state index is 12.3. The molecule has 6 heteroatoms. The Hall–Kier alpha value is -0.950. The molecule has 1 saturated heterocycles. The summed E-state index contributed by atoms with van der Waals surface area (Å²) < 4.78 is 27.4. The molecule has 0 saturated carbocycles. The van der Waals surface area contributed by atoms with Crippen molar-refractivity contribution < 1.29 is 8.42 Å². The molecule has 0 bridgehead atoms. The van der Waals surface area contributed by atoms with Crippen molar-refractivity contribution in [2.45, 2.75) is 37.2 Å². The van der Waals surface area contributed by atoms with Gasteiger partial charge in [0.1, 0.15) is 0 Å². The zero-order valence-electron chi connectivity index (χ0n) is 11.9. The Morgan fingerprint density at radius 2 is 1.95 bits per heavy atom. The van der Waals surface area contributed by atoms with Crippen molar-refractivity contribution in [3.05, 3.63) is 29.8 Å². The van der Waals surface area contributed by atoms with Gasteiger partial charge in [-0.25, -0.2) is 13.1 Å². The summed E-state index contributed by atoms with van der Waals surface area (Å²) in [6.45, 7) is 4.83. The quantitative estimate of drug-likeness (QED) is 0.818. The summed E-state index contributed by atoms with van der Waals surface area (Å²) in [6.07, 6.45) is 2.40. The fraction of sp³-hybridized carbons (Fsp3) is 0.571. The van der Waals surface area contributed by atoms with Gasteiger partial charge >= 0.3 is 0 Å². The smallest absolute Gasteiger partial charge is 0.240 e. The molecule has 0 aliphatic carbocycles. The molecule has 1 aliphatic heterocycles. The van der Waals surface area contributed by atoms with Gasteiger partial charge in [-0.1, -0.05) is 18.2 Å². The summed E-state index contributed by atoms with van der Waals surface area (Å²) in [5, 5.41) is 0. The van der Waals surface area contributed by atoms with Crippen LogP contribution >= 0.6 is 0 Å². The van der Waals surface area contributed by atoms with Crippen molar-refractivity contribution in [3.63, 3.8) is 0 Å². The van der Waals surface area contributed by atoms with Crippen molar-refractivity contribution in [1.82, 2.24) is 9.62 Å². The molecule has 5 nitrogen and oxygen atoms in total. The van der Waals surface area contributed by atoms with Gasteiger partial charge in [-0.05, 0) is 44.5 Å². The molecule has 0 amide bonds. The Morgan fingerprint density at radius 1 is 1.30 bits per heavy atom. The fourth-order valence-electron chi connectivity index (χ4n) is 2.55. The van der Waals surface area contributed by atoms with Crippen molar-refractivity contribution in [1.29, 1.82) is 0 Å². The monoisotopic (exact) mass is 297 g/mol. The van der Waals surface area contributed by atoms with Crippen LogP contribution in [0.3, 0.4) is 0 Å². The normalized spacial score (nSPS) is 18.3. The number of nitrogens with one attached hydrogen (secondary N) is 1. The fourth-order valence-corrected chi connectivity index (χ4v) is 3.92. The molecule has 1 atom stereocenters. The van der Waals surface area contributed by atoms with Gasteiger partial charge < -0.3 is 5.73 Å². The van der Waals surface area contributed by atoms with Gasteiger partial charge in [-0.3, -0.25) is 4.90 Å². The van der Waals surface area contributed by atoms with Crippen LogP contribution in [0.5, 0.6) is 0 Å². The van der Waals surface area contributed by atoms with E-state index in [-0.39, 0.29) is 17.5 Å². The molecule has 1 heterocycles. The lowest BCUT2D eigenvalue weighted by Crippen LogP contribution is -2.40. The average molecular weight is 297 g/mol. The number of hydrogen-bond acceptors (Lipinski definition) is 4. The highest BCUT2D eigenvalue weighted by Crippen LogP contribution is 2.15. The lowest BCUT2D eigenvalue weighted by atomic mass is 10.2. The van der Waals surface area contributed by atoms with E-state index in [0.29, 0.717) is 12.1 Å². The molecule has 1 aliphatic rings. The highest BCUT2D eigenvalue weighted by molar-refractivity contribution is 7.89. The van der Waals surface area contributed by atoms with E-state index in [9.17, 15) is 8.42 Å². The topological polar surface area (TPSA) is 75.4 Å². The minimum Gasteiger partial charge on any atom is -0.326 e. The molecular formula is C14H23N3O2S. The van der Waals surface area contributed by atoms with Gasteiger partial charge in [0.05, 0.1) is 4.90 Å². The van der Waals surface area contributed by atoms with E-state index in [0.717, 1.165) is 13.1 Å². The van der Waals surface area contributed by atoms with Gasteiger partial charge in [0.25, 0.3) is 0 Å². The first-order chi connectivity index (χ1) is 9.54. The maximum Gasteiger partial charge on any atom is 0.240 e. The van der Waals surface area contributed by atoms with Crippen LogP contribution in [0.15, 0.2) is 29.2 Å². The molecule has 1 fully saturated rings. The van der Waals surface area contributed by atoms with Gasteiger partial charge in [0.2, 0.25) is 10.0 Å². The third-order valence-corrected chi connectivity index (χ3v) is 5.34. The van der Waals surface area contributed by atoms with Crippen LogP contribution in [0.1, 0.15) is 25.3 Å². The molecule has 0 aromatic heterocycles. The summed E-state index contributed by atoms with van der Waals surface area (Å²) in [7, 11) is -3.48. The van der Waals surface area contributed by atoms with E-state index in [4.69, 9.17) is 5.73 Å². The second-order valence-electron chi connectivity index (χ2n) is 5.26. The highest BCUT2D eigenvalue weighted by atomic mass is 32.2. The predicted molar refractivity (Wildman–Crippen MR) is 79.8 cm³/mol. The van der Waals surface area contributed by atoms with E-state index in [1.807, 2.05) is 0 Å². The Labute approximate surface area is 121 Å². The first-order valence-corrected chi connectivity index (χ1v) is 8.54. The summed E-state index contributed by atoms with van der Waals surface area (Å²) in [5.74, 6) is 0. The molecule has 0 spiro atoms. The van der Waals surface area contributed by atoms with Crippen molar-refractivity contribution in [2.24, 2.45) is 5.73 Å². The third-order valence-electron chi connectivity index (χ3n) is 3.81. The number of sulfonamides is 1. The van der Waals surface area contributed by atoms with Gasteiger partial charge in [0, 0.05) is 19.1 Å². The van der Waals surface area contributed by atoms with Crippen LogP contribution in [0.25, 0.3) is 0 Å². The largest absolute Gasteiger partial charge is 0.326 e. The second kappa shape index (κ2) is 6.67. The molecule has 1 aromatic rings. The Balaban J connectivity index is 2.03. The predicted octanol–water partition coefficient (Wildman–Crippen LogP) is 0.908. The number of nitrogens with two attached hydrogens (primary N) is 1. The van der Waals surface area contributed by atoms with E-state index in [2.05, 4.69) is 16.5 Å². The summed E-state index contributed by atoms with van der Waals surface area (Å²) >= 11 is 0. The van der Waals surface area contributed by atoms with Crippen LogP contribution in [0, 0.1) is 0 Å². The van der Waals surface area contributed by atoms with Gasteiger partial charge in [-0.15, -0.1) is 0 Å². The van der Waals surface area contributed by atoms with E-state index in [1.165, 1.54) is 12.8 Å². The molecule has 20 heavy (non-hydrogen) atoms. The molecule has 3 N–H and O–H groups in total. The van der Waals surface area contributed by atoms with E-state index in [1.54, 1.807) is 24.3 Å². The maximum atomic E-state index is 12.3. The minimum atomic E-state index is -3.48. The molecule has 112 valence electrons. The second-order valence-corrected chi connectivity index (χ2v) is 6.99. The molecule has 0 radical (unpaired) electrons. The lowest BCUT2D eigenvalue weighted by Gasteiger charge is -2.24. The Bertz CT molecular complexity index is 539. The zero-order chi connectivity index (χ0) is 14.6. The lowest BCUT2D eigenvalue weighted by molar-refractivity contribution is 0.260. The Morgan fingerprint density at radius 3 is 2.60 bits per heavy atom. The van der Waals surface area contributed by atoms with Crippen LogP contribution in [0.2, 0.25) is 0 Å². The van der Waals surface area contributed by atoms with Crippen LogP contribution in [-0.4, -0.2) is 39.0 Å². The van der Waals surface area contributed by atoms with E-state index < -0.39 is 10.0 Å². The number of likely N-dealkylation sites (tertiary alicyclic amines) is 1. The molecule has 2 rings (SSSR count). The van der Waals surface area contributed by atoms with Gasteiger partial charge in [0.15, 0.2) is 0 Å². The summed E-state index contributed by atoms with van der Waals surface area (Å²) in [6, 6.07) is 7.09. The standard InChI is InChI=1S/C14H23N3O2S/c1-12(17-8-4-5-9-17)11-16-20(18,19)14-7-3-2-6-13(14)10-15/h2-3,6-7,12,16H,4-5,8-11,15H2,1H3.